The lowest BCUT2D eigenvalue weighted by Gasteiger charge is -2.30. The first-order chi connectivity index (χ1) is 6.05. The maximum Gasteiger partial charge on any atom is 0.0329 e. The van der Waals surface area contributed by atoms with Crippen LogP contribution in [0.5, 0.6) is 0 Å². The zero-order chi connectivity index (χ0) is 9.90. The molecule has 0 aromatic heterocycles. The van der Waals surface area contributed by atoms with Crippen molar-refractivity contribution in [3.63, 3.8) is 0 Å². The van der Waals surface area contributed by atoms with Gasteiger partial charge >= 0.3 is 0 Å². The summed E-state index contributed by atoms with van der Waals surface area (Å²) in [5.74, 6) is 5.11. The molecule has 0 amide bonds. The van der Waals surface area contributed by atoms with Gasteiger partial charge in [0.15, 0.2) is 0 Å². The van der Waals surface area contributed by atoms with E-state index < -0.39 is 7.60 Å². The summed E-state index contributed by atoms with van der Waals surface area (Å²) < 4.78 is 10.7. The van der Waals surface area contributed by atoms with Gasteiger partial charge in [-0.3, -0.25) is 0 Å². The summed E-state index contributed by atoms with van der Waals surface area (Å²) in [6.07, 6.45) is 0. The van der Waals surface area contributed by atoms with E-state index in [0.717, 1.165) is 0 Å². The van der Waals surface area contributed by atoms with Crippen LogP contribution in [-0.2, 0) is 4.57 Å². The lowest BCUT2D eigenvalue weighted by atomic mass is 10.2. The topological polar surface area (TPSA) is 63.2 Å². The molecule has 0 bridgehead atoms. The molecule has 0 radical (unpaired) electrons. The van der Waals surface area contributed by atoms with Crippen LogP contribution in [0.15, 0.2) is 24.3 Å². The Morgan fingerprint density at radius 3 is 2.46 bits per heavy atom. The van der Waals surface area contributed by atoms with E-state index in [1.54, 1.807) is 13.0 Å². The minimum Gasteiger partial charge on any atom is -0.807 e. The van der Waals surface area contributed by atoms with Gasteiger partial charge in [0.25, 0.3) is 0 Å². The Bertz CT molecular complexity index is 408. The van der Waals surface area contributed by atoms with Gasteiger partial charge in [-0.1, -0.05) is 24.1 Å². The van der Waals surface area contributed by atoms with E-state index in [4.69, 9.17) is 0 Å². The van der Waals surface area contributed by atoms with Crippen molar-refractivity contribution in [2.75, 3.05) is 0 Å². The van der Waals surface area contributed by atoms with Crippen molar-refractivity contribution in [1.29, 1.82) is 0 Å². The van der Waals surface area contributed by atoms with Crippen LogP contribution in [0.1, 0.15) is 12.5 Å². The van der Waals surface area contributed by atoms with E-state index in [-0.39, 0.29) is 10.9 Å². The second-order valence-electron chi connectivity index (χ2n) is 2.39. The maximum atomic E-state index is 10.7. The van der Waals surface area contributed by atoms with Gasteiger partial charge in [0, 0.05) is 5.56 Å². The molecule has 1 aromatic rings. The molecule has 0 fully saturated rings. The Morgan fingerprint density at radius 2 is 1.92 bits per heavy atom. The van der Waals surface area contributed by atoms with Gasteiger partial charge in [0.1, 0.15) is 0 Å². The third-order valence-corrected chi connectivity index (χ3v) is 2.44. The molecule has 4 heteroatoms. The Balaban J connectivity index is 3.34. The Hall–Kier alpha value is -1.07. The first kappa shape index (κ1) is 10.0. The average Bonchev–Trinajstić information content (AvgIpc) is 2.04. The van der Waals surface area contributed by atoms with E-state index in [9.17, 15) is 14.4 Å². The number of hydrogen-bond acceptors (Lipinski definition) is 3. The van der Waals surface area contributed by atoms with Gasteiger partial charge in [-0.05, 0) is 25.9 Å². The van der Waals surface area contributed by atoms with Gasteiger partial charge in [0.05, 0.1) is 0 Å². The molecule has 0 heterocycles. The van der Waals surface area contributed by atoms with E-state index in [1.165, 1.54) is 18.2 Å². The number of benzene rings is 1. The van der Waals surface area contributed by atoms with Crippen molar-refractivity contribution in [2.24, 2.45) is 0 Å². The number of rotatable bonds is 1. The highest BCUT2D eigenvalue weighted by atomic mass is 31.2. The van der Waals surface area contributed by atoms with E-state index in [1.807, 2.05) is 0 Å². The minimum absolute atomic E-state index is 0.232. The zero-order valence-corrected chi connectivity index (χ0v) is 7.88. The standard InChI is InChI=1S/C9H9O3P/c1-2-5-8-6-3-4-7-9(8)13(10,11)12/h3-4,6-7H,1H3,(H2,10,11,12)/p-2. The van der Waals surface area contributed by atoms with Gasteiger partial charge in [-0.15, -0.1) is 5.92 Å². The molecule has 3 nitrogen and oxygen atoms in total. The lowest BCUT2D eigenvalue weighted by molar-refractivity contribution is -0.307. The van der Waals surface area contributed by atoms with Crippen LogP contribution in [0.4, 0.5) is 0 Å². The molecule has 0 N–H and O–H groups in total. The van der Waals surface area contributed by atoms with Crippen LogP contribution in [0.25, 0.3) is 0 Å². The number of hydrogen-bond donors (Lipinski definition) is 0. The van der Waals surface area contributed by atoms with Crippen molar-refractivity contribution in [3.8, 4) is 11.8 Å². The summed E-state index contributed by atoms with van der Waals surface area (Å²) in [4.78, 5) is 21.5. The van der Waals surface area contributed by atoms with Crippen LogP contribution in [-0.4, -0.2) is 0 Å². The predicted octanol–water partition coefficient (Wildman–Crippen LogP) is -0.403. The van der Waals surface area contributed by atoms with Crippen molar-refractivity contribution >= 4 is 12.9 Å². The van der Waals surface area contributed by atoms with Gasteiger partial charge < -0.3 is 14.4 Å². The monoisotopic (exact) mass is 194 g/mol. The summed E-state index contributed by atoms with van der Waals surface area (Å²) in [6, 6.07) is 5.91. The molecule has 0 unspecified atom stereocenters. The van der Waals surface area contributed by atoms with Crippen LogP contribution < -0.4 is 15.1 Å². The molecular weight excluding hydrogens is 187 g/mol. The summed E-state index contributed by atoms with van der Waals surface area (Å²) in [5.41, 5.74) is 0.262. The first-order valence-electron chi connectivity index (χ1n) is 3.60. The Kier molecular flexibility index (Phi) is 2.90. The van der Waals surface area contributed by atoms with Gasteiger partial charge in [-0.2, -0.15) is 0 Å². The molecule has 1 rings (SSSR count). The van der Waals surface area contributed by atoms with Crippen LogP contribution in [0, 0.1) is 11.8 Å². The van der Waals surface area contributed by atoms with E-state index in [2.05, 4.69) is 11.8 Å². The second-order valence-corrected chi connectivity index (χ2v) is 3.87. The molecule has 0 saturated heterocycles. The molecule has 0 aliphatic carbocycles. The molecule has 68 valence electrons. The largest absolute Gasteiger partial charge is 0.807 e. The molecule has 0 aliphatic heterocycles. The Labute approximate surface area is 76.6 Å². The summed E-state index contributed by atoms with van der Waals surface area (Å²) in [5, 5.41) is -0.232. The fourth-order valence-corrected chi connectivity index (χ4v) is 1.65. The highest BCUT2D eigenvalue weighted by Crippen LogP contribution is 2.23. The van der Waals surface area contributed by atoms with Crippen molar-refractivity contribution in [2.45, 2.75) is 6.92 Å². The zero-order valence-electron chi connectivity index (χ0n) is 6.98. The third-order valence-electron chi connectivity index (χ3n) is 1.46. The molecule has 0 spiro atoms. The SMILES string of the molecule is CC#Cc1ccccc1P(=O)([O-])[O-]. The third kappa shape index (κ3) is 2.43. The Morgan fingerprint density at radius 1 is 1.31 bits per heavy atom. The van der Waals surface area contributed by atoms with Crippen LogP contribution in [0.2, 0.25) is 0 Å². The van der Waals surface area contributed by atoms with Crippen molar-refractivity contribution in [1.82, 2.24) is 0 Å². The molecule has 13 heavy (non-hydrogen) atoms. The minimum atomic E-state index is -4.69. The molecule has 0 saturated carbocycles. The molecular formula is C9H7O3P-2. The predicted molar refractivity (Wildman–Crippen MR) is 46.2 cm³/mol. The van der Waals surface area contributed by atoms with Crippen LogP contribution in [0.3, 0.4) is 0 Å². The van der Waals surface area contributed by atoms with Crippen molar-refractivity contribution in [3.05, 3.63) is 29.8 Å². The summed E-state index contributed by atoms with van der Waals surface area (Å²) in [6.45, 7) is 1.58. The summed E-state index contributed by atoms with van der Waals surface area (Å²) >= 11 is 0. The highest BCUT2D eigenvalue weighted by Gasteiger charge is 2.01. The quantitative estimate of drug-likeness (QED) is 0.451. The van der Waals surface area contributed by atoms with Gasteiger partial charge in [0.2, 0.25) is 0 Å². The van der Waals surface area contributed by atoms with Crippen LogP contribution >= 0.6 is 7.60 Å². The summed E-state index contributed by atoms with van der Waals surface area (Å²) in [7, 11) is -4.69. The maximum absolute atomic E-state index is 10.7. The second kappa shape index (κ2) is 3.76. The van der Waals surface area contributed by atoms with Crippen molar-refractivity contribution < 1.29 is 14.4 Å². The molecule has 0 aliphatic rings. The van der Waals surface area contributed by atoms with E-state index in [0.29, 0.717) is 0 Å². The molecule has 1 aromatic carbocycles. The van der Waals surface area contributed by atoms with Gasteiger partial charge in [-0.25, -0.2) is 0 Å². The van der Waals surface area contributed by atoms with E-state index >= 15 is 0 Å². The fourth-order valence-electron chi connectivity index (χ4n) is 0.953. The smallest absolute Gasteiger partial charge is 0.0329 e. The normalized spacial score (nSPS) is 10.4. The average molecular weight is 194 g/mol. The highest BCUT2D eigenvalue weighted by molar-refractivity contribution is 7.57. The lowest BCUT2D eigenvalue weighted by Crippen LogP contribution is -2.26. The fraction of sp³-hybridized carbons (Fsp3) is 0.111. The first-order valence-corrected chi connectivity index (χ1v) is 5.14. The molecule has 0 atom stereocenters.